The lowest BCUT2D eigenvalue weighted by molar-refractivity contribution is 0.0382. The van der Waals surface area contributed by atoms with Gasteiger partial charge in [-0.15, -0.1) is 0 Å². The van der Waals surface area contributed by atoms with Crippen LogP contribution in [0.25, 0.3) is 10.9 Å². The Morgan fingerprint density at radius 2 is 1.57 bits per heavy atom. The number of nitrogens with one attached hydrogen (secondary N) is 2. The van der Waals surface area contributed by atoms with Crippen LogP contribution in [-0.4, -0.2) is 63.8 Å². The van der Waals surface area contributed by atoms with Gasteiger partial charge in [-0.05, 0) is 35.4 Å². The first-order valence-electron chi connectivity index (χ1n) is 13.6. The smallest absolute Gasteiger partial charge is 0.267 e. The van der Waals surface area contributed by atoms with E-state index in [9.17, 15) is 9.59 Å². The molecule has 2 N–H and O–H groups in total. The van der Waals surface area contributed by atoms with E-state index in [2.05, 4.69) is 68.7 Å². The molecule has 6 rings (SSSR count). The molecule has 1 fully saturated rings. The van der Waals surface area contributed by atoms with Crippen LogP contribution < -0.4 is 5.32 Å². The Labute approximate surface area is 233 Å². The highest BCUT2D eigenvalue weighted by Crippen LogP contribution is 2.32. The molecule has 7 heteroatoms. The van der Waals surface area contributed by atoms with E-state index in [4.69, 9.17) is 0 Å². The highest BCUT2D eigenvalue weighted by atomic mass is 16.2. The predicted molar refractivity (Wildman–Crippen MR) is 156 cm³/mol. The first-order chi connectivity index (χ1) is 19.7. The second-order valence-electron chi connectivity index (χ2n) is 10.1. The molecule has 0 bridgehead atoms. The van der Waals surface area contributed by atoms with Crippen LogP contribution in [0.2, 0.25) is 0 Å². The molecule has 1 saturated heterocycles. The summed E-state index contributed by atoms with van der Waals surface area (Å²) in [6, 6.07) is 34.0. The Bertz CT molecular complexity index is 1510. The monoisotopic (exact) mass is 529 g/mol. The molecule has 7 nitrogen and oxygen atoms in total. The molecule has 0 saturated carbocycles. The fourth-order valence-electron chi connectivity index (χ4n) is 5.59. The number of para-hydroxylation sites is 1. The fraction of sp³-hybridized carbons (Fsp3) is 0.182. The van der Waals surface area contributed by atoms with Gasteiger partial charge in [0.1, 0.15) is 5.69 Å². The van der Waals surface area contributed by atoms with Crippen molar-refractivity contribution >= 4 is 22.7 Å². The normalized spacial score (nSPS) is 15.8. The van der Waals surface area contributed by atoms with Crippen LogP contribution in [0.15, 0.2) is 116 Å². The number of aromatic nitrogens is 2. The topological polar surface area (TPSA) is 81.3 Å². The van der Waals surface area contributed by atoms with Crippen LogP contribution >= 0.6 is 0 Å². The van der Waals surface area contributed by atoms with Crippen LogP contribution in [0.3, 0.4) is 0 Å². The van der Waals surface area contributed by atoms with Gasteiger partial charge in [-0.25, -0.2) is 0 Å². The number of hydrogen-bond acceptors (Lipinski definition) is 4. The highest BCUT2D eigenvalue weighted by molar-refractivity contribution is 5.98. The van der Waals surface area contributed by atoms with E-state index in [1.165, 1.54) is 11.1 Å². The van der Waals surface area contributed by atoms with Gasteiger partial charge in [0, 0.05) is 55.5 Å². The number of rotatable bonds is 7. The average molecular weight is 530 g/mol. The van der Waals surface area contributed by atoms with Crippen molar-refractivity contribution in [2.24, 2.45) is 0 Å². The van der Waals surface area contributed by atoms with Gasteiger partial charge in [-0.1, -0.05) is 78.9 Å². The predicted octanol–water partition coefficient (Wildman–Crippen LogP) is 4.91. The average Bonchev–Trinajstić information content (AvgIpc) is 3.46. The lowest BCUT2D eigenvalue weighted by atomic mass is 9.94. The number of H-pyrrole nitrogens is 1. The molecule has 3 heterocycles. The van der Waals surface area contributed by atoms with E-state index in [0.29, 0.717) is 37.4 Å². The van der Waals surface area contributed by atoms with E-state index in [1.54, 1.807) is 24.5 Å². The number of carbonyl (C=O) groups is 2. The maximum absolute atomic E-state index is 13.4. The Morgan fingerprint density at radius 3 is 2.25 bits per heavy atom. The van der Waals surface area contributed by atoms with Gasteiger partial charge in [0.2, 0.25) is 0 Å². The summed E-state index contributed by atoms with van der Waals surface area (Å²) in [5.74, 6) is -0.210. The number of benzene rings is 3. The van der Waals surface area contributed by atoms with E-state index in [0.717, 1.165) is 10.9 Å². The largest absolute Gasteiger partial charge is 0.351 e. The first-order valence-corrected chi connectivity index (χ1v) is 13.6. The van der Waals surface area contributed by atoms with Crippen LogP contribution in [-0.2, 0) is 0 Å². The number of amides is 2. The highest BCUT2D eigenvalue weighted by Gasteiger charge is 2.35. The first kappa shape index (κ1) is 25.5. The van der Waals surface area contributed by atoms with Crippen molar-refractivity contribution in [3.8, 4) is 0 Å². The van der Waals surface area contributed by atoms with Crippen LogP contribution in [0.4, 0.5) is 0 Å². The maximum Gasteiger partial charge on any atom is 0.267 e. The zero-order chi connectivity index (χ0) is 27.3. The minimum atomic E-state index is -0.164. The molecule has 1 aliphatic rings. The minimum Gasteiger partial charge on any atom is -0.351 e. The van der Waals surface area contributed by atoms with Crippen molar-refractivity contribution in [3.05, 3.63) is 138 Å². The number of aromatic amines is 1. The van der Waals surface area contributed by atoms with Crippen molar-refractivity contribution in [1.82, 2.24) is 25.1 Å². The molecule has 5 aromatic rings. The number of hydrogen-bond donors (Lipinski definition) is 2. The van der Waals surface area contributed by atoms with Crippen molar-refractivity contribution in [2.45, 2.75) is 12.1 Å². The van der Waals surface area contributed by atoms with E-state index in [1.807, 2.05) is 47.4 Å². The summed E-state index contributed by atoms with van der Waals surface area (Å²) in [5.41, 5.74) is 4.36. The molecule has 3 aromatic carbocycles. The molecule has 0 aliphatic carbocycles. The van der Waals surface area contributed by atoms with Gasteiger partial charge in [-0.3, -0.25) is 19.5 Å². The summed E-state index contributed by atoms with van der Waals surface area (Å²) >= 11 is 0. The Kier molecular flexibility index (Phi) is 7.37. The molecule has 2 amide bonds. The summed E-state index contributed by atoms with van der Waals surface area (Å²) in [5, 5.41) is 4.15. The molecular formula is C33H31N5O2. The third-order valence-corrected chi connectivity index (χ3v) is 7.56. The fourth-order valence-corrected chi connectivity index (χ4v) is 5.59. The summed E-state index contributed by atoms with van der Waals surface area (Å²) in [7, 11) is 0. The third kappa shape index (κ3) is 5.37. The second kappa shape index (κ2) is 11.6. The van der Waals surface area contributed by atoms with Crippen LogP contribution in [0, 0.1) is 0 Å². The van der Waals surface area contributed by atoms with Crippen molar-refractivity contribution < 1.29 is 9.59 Å². The van der Waals surface area contributed by atoms with Gasteiger partial charge in [0.15, 0.2) is 0 Å². The zero-order valence-corrected chi connectivity index (χ0v) is 22.1. The summed E-state index contributed by atoms with van der Waals surface area (Å²) in [6.45, 7) is 2.11. The lowest BCUT2D eigenvalue weighted by Gasteiger charge is -2.45. The molecule has 200 valence electrons. The second-order valence-corrected chi connectivity index (χ2v) is 10.1. The molecule has 1 unspecified atom stereocenters. The van der Waals surface area contributed by atoms with E-state index < -0.39 is 0 Å². The van der Waals surface area contributed by atoms with Gasteiger partial charge >= 0.3 is 0 Å². The van der Waals surface area contributed by atoms with E-state index in [-0.39, 0.29) is 23.9 Å². The number of fused-ring (bicyclic) bond motifs is 1. The Hall–Kier alpha value is -4.75. The molecule has 2 aromatic heterocycles. The summed E-state index contributed by atoms with van der Waals surface area (Å²) in [6.07, 6.45) is 3.28. The molecular weight excluding hydrogens is 498 g/mol. The molecule has 1 atom stereocenters. The van der Waals surface area contributed by atoms with Crippen molar-refractivity contribution in [1.29, 1.82) is 0 Å². The maximum atomic E-state index is 13.4. The van der Waals surface area contributed by atoms with Crippen LogP contribution in [0.5, 0.6) is 0 Å². The lowest BCUT2D eigenvalue weighted by Crippen LogP contribution is -2.59. The molecule has 1 aliphatic heterocycles. The minimum absolute atomic E-state index is 0.0204. The third-order valence-electron chi connectivity index (χ3n) is 7.56. The van der Waals surface area contributed by atoms with Crippen molar-refractivity contribution in [2.75, 3.05) is 26.2 Å². The molecule has 40 heavy (non-hydrogen) atoms. The quantitative estimate of drug-likeness (QED) is 0.314. The molecule has 0 spiro atoms. The standard InChI is InChI=1S/C33H31N5O2/c39-32(30-20-26-14-7-8-16-29(26)36-30)35-22-28-23-37(33(40)27-15-9-17-34-21-27)18-19-38(28)31(24-10-3-1-4-11-24)25-12-5-2-6-13-25/h1-17,20-21,28,31,36H,18-19,22-23H2,(H,35,39). The Balaban J connectivity index is 1.29. The SMILES string of the molecule is O=C(NCC1CN(C(=O)c2cccnc2)CCN1C(c1ccccc1)c1ccccc1)c1cc2ccccc2[nH]1. The number of carbonyl (C=O) groups excluding carboxylic acids is 2. The van der Waals surface area contributed by atoms with Gasteiger partial charge < -0.3 is 15.2 Å². The number of nitrogens with zero attached hydrogens (tertiary/aromatic N) is 3. The number of piperazine rings is 1. The van der Waals surface area contributed by atoms with Crippen LogP contribution in [0.1, 0.15) is 38.0 Å². The van der Waals surface area contributed by atoms with E-state index >= 15 is 0 Å². The van der Waals surface area contributed by atoms with Crippen molar-refractivity contribution in [3.63, 3.8) is 0 Å². The van der Waals surface area contributed by atoms with Gasteiger partial charge in [0.05, 0.1) is 11.6 Å². The number of pyridine rings is 1. The summed E-state index contributed by atoms with van der Waals surface area (Å²) < 4.78 is 0. The van der Waals surface area contributed by atoms with Gasteiger partial charge in [-0.2, -0.15) is 0 Å². The summed E-state index contributed by atoms with van der Waals surface area (Å²) in [4.78, 5) is 38.3. The zero-order valence-electron chi connectivity index (χ0n) is 22.1. The molecule has 0 radical (unpaired) electrons. The van der Waals surface area contributed by atoms with Gasteiger partial charge in [0.25, 0.3) is 11.8 Å². The Morgan fingerprint density at radius 1 is 0.875 bits per heavy atom.